The lowest BCUT2D eigenvalue weighted by Crippen LogP contribution is -2.19. The van der Waals surface area contributed by atoms with Gasteiger partial charge in [-0.1, -0.05) is 36.5 Å². The van der Waals surface area contributed by atoms with Gasteiger partial charge in [0.15, 0.2) is 0 Å². The average molecular weight is 134 g/mol. The Morgan fingerprint density at radius 3 is 1.40 bits per heavy atom. The van der Waals surface area contributed by atoms with Crippen LogP contribution in [0.15, 0.2) is 36.5 Å². The van der Waals surface area contributed by atoms with Gasteiger partial charge >= 0.3 is 0 Å². The lowest BCUT2D eigenvalue weighted by molar-refractivity contribution is 0.552. The first kappa shape index (κ1) is 7.33. The van der Waals surface area contributed by atoms with Gasteiger partial charge in [0.05, 0.1) is 0 Å². The van der Waals surface area contributed by atoms with Crippen LogP contribution in [0.25, 0.3) is 0 Å². The normalized spacial score (nSPS) is 29.4. The molecule has 0 saturated heterocycles. The summed E-state index contributed by atoms with van der Waals surface area (Å²) in [6.07, 6.45) is 4.39. The van der Waals surface area contributed by atoms with E-state index in [4.69, 9.17) is 0 Å². The largest absolute Gasteiger partial charge is 0.0995 e. The van der Waals surface area contributed by atoms with Crippen LogP contribution in [0.2, 0.25) is 0 Å². The van der Waals surface area contributed by atoms with Crippen molar-refractivity contribution in [3.8, 4) is 0 Å². The summed E-state index contributed by atoms with van der Waals surface area (Å²) in [4.78, 5) is 0. The molecular formula is C10H14. The topological polar surface area (TPSA) is 0 Å². The minimum absolute atomic E-state index is 0.567. The third-order valence-electron chi connectivity index (χ3n) is 2.05. The summed E-state index contributed by atoms with van der Waals surface area (Å²) in [6, 6.07) is 0. The smallest absolute Gasteiger partial charge is 0.00715 e. The summed E-state index contributed by atoms with van der Waals surface area (Å²) in [5.74, 6) is 1.13. The molecule has 1 aliphatic carbocycles. The second-order valence-electron chi connectivity index (χ2n) is 3.13. The zero-order valence-electron chi connectivity index (χ0n) is 6.72. The fourth-order valence-electron chi connectivity index (χ4n) is 1.27. The van der Waals surface area contributed by atoms with Crippen LogP contribution in [-0.4, -0.2) is 0 Å². The summed E-state index contributed by atoms with van der Waals surface area (Å²) < 4.78 is 0. The van der Waals surface area contributed by atoms with Crippen molar-refractivity contribution in [1.29, 1.82) is 0 Å². The molecule has 0 aromatic carbocycles. The minimum atomic E-state index is 0.567. The lowest BCUT2D eigenvalue weighted by Gasteiger charge is -2.30. The summed E-state index contributed by atoms with van der Waals surface area (Å²) in [6.45, 7) is 12.0. The highest BCUT2D eigenvalue weighted by molar-refractivity contribution is 5.28. The molecule has 0 spiro atoms. The van der Waals surface area contributed by atoms with Gasteiger partial charge in [-0.05, 0) is 13.8 Å². The molecule has 0 aromatic rings. The van der Waals surface area contributed by atoms with Crippen LogP contribution in [0.4, 0.5) is 0 Å². The number of allylic oxidation sites excluding steroid dienone is 4. The maximum Gasteiger partial charge on any atom is 0.00715 e. The summed E-state index contributed by atoms with van der Waals surface area (Å²) >= 11 is 0. The molecule has 10 heavy (non-hydrogen) atoms. The first-order chi connectivity index (χ1) is 4.63. The van der Waals surface area contributed by atoms with Crippen molar-refractivity contribution in [2.45, 2.75) is 13.8 Å². The zero-order chi connectivity index (χ0) is 7.72. The van der Waals surface area contributed by atoms with Gasteiger partial charge in [0.2, 0.25) is 0 Å². The van der Waals surface area contributed by atoms with Crippen LogP contribution in [0, 0.1) is 11.8 Å². The molecule has 1 rings (SSSR count). The van der Waals surface area contributed by atoms with E-state index in [0.717, 1.165) is 0 Å². The van der Waals surface area contributed by atoms with E-state index in [1.54, 1.807) is 0 Å². The molecule has 0 aromatic heterocycles. The molecule has 0 bridgehead atoms. The molecule has 0 N–H and O–H groups in total. The Morgan fingerprint density at radius 1 is 1.00 bits per heavy atom. The van der Waals surface area contributed by atoms with Gasteiger partial charge in [-0.2, -0.15) is 0 Å². The monoisotopic (exact) mass is 134 g/mol. The minimum Gasteiger partial charge on any atom is -0.0995 e. The van der Waals surface area contributed by atoms with E-state index in [1.165, 1.54) is 11.1 Å². The van der Waals surface area contributed by atoms with E-state index in [1.807, 2.05) is 0 Å². The SMILES string of the molecule is C=C(C)C1C=CC1C(=C)C. The highest BCUT2D eigenvalue weighted by Gasteiger charge is 2.24. The molecule has 0 heteroatoms. The lowest BCUT2D eigenvalue weighted by atomic mass is 9.75. The van der Waals surface area contributed by atoms with Gasteiger partial charge in [0.25, 0.3) is 0 Å². The Balaban J connectivity index is 2.63. The molecule has 2 atom stereocenters. The quantitative estimate of drug-likeness (QED) is 0.509. The maximum absolute atomic E-state index is 3.92. The molecule has 1 aliphatic rings. The fraction of sp³-hybridized carbons (Fsp3) is 0.400. The van der Waals surface area contributed by atoms with E-state index in [2.05, 4.69) is 39.2 Å². The van der Waals surface area contributed by atoms with E-state index < -0.39 is 0 Å². The Hall–Kier alpha value is -0.780. The van der Waals surface area contributed by atoms with Crippen molar-refractivity contribution in [2.75, 3.05) is 0 Å². The highest BCUT2D eigenvalue weighted by Crippen LogP contribution is 2.35. The summed E-state index contributed by atoms with van der Waals surface area (Å²) in [7, 11) is 0. The standard InChI is InChI=1S/C10H14/c1-7(2)9-5-6-10(9)8(3)4/h5-6,9-10H,1,3H2,2,4H3. The van der Waals surface area contributed by atoms with Crippen LogP contribution in [0.5, 0.6) is 0 Å². The molecule has 0 amide bonds. The molecule has 0 saturated carbocycles. The van der Waals surface area contributed by atoms with Crippen LogP contribution in [-0.2, 0) is 0 Å². The van der Waals surface area contributed by atoms with Gasteiger partial charge in [0.1, 0.15) is 0 Å². The highest BCUT2D eigenvalue weighted by atomic mass is 14.3. The molecular weight excluding hydrogens is 120 g/mol. The predicted molar refractivity (Wildman–Crippen MR) is 45.7 cm³/mol. The fourth-order valence-corrected chi connectivity index (χ4v) is 1.27. The van der Waals surface area contributed by atoms with Gasteiger partial charge in [-0.3, -0.25) is 0 Å². The number of hydrogen-bond acceptors (Lipinski definition) is 0. The third-order valence-corrected chi connectivity index (χ3v) is 2.05. The van der Waals surface area contributed by atoms with Crippen molar-refractivity contribution in [3.05, 3.63) is 36.5 Å². The van der Waals surface area contributed by atoms with Gasteiger partial charge in [-0.25, -0.2) is 0 Å². The van der Waals surface area contributed by atoms with Gasteiger partial charge in [-0.15, -0.1) is 0 Å². The molecule has 54 valence electrons. The maximum atomic E-state index is 3.92. The van der Waals surface area contributed by atoms with Crippen LogP contribution in [0.3, 0.4) is 0 Å². The summed E-state index contributed by atoms with van der Waals surface area (Å²) in [5.41, 5.74) is 2.49. The third kappa shape index (κ3) is 1.06. The van der Waals surface area contributed by atoms with E-state index in [-0.39, 0.29) is 0 Å². The van der Waals surface area contributed by atoms with E-state index in [0.29, 0.717) is 11.8 Å². The molecule has 0 aliphatic heterocycles. The summed E-state index contributed by atoms with van der Waals surface area (Å²) in [5, 5.41) is 0. The molecule has 0 fully saturated rings. The molecule has 2 unspecified atom stereocenters. The average Bonchev–Trinajstić information content (AvgIpc) is 1.56. The number of hydrogen-bond donors (Lipinski definition) is 0. The second-order valence-corrected chi connectivity index (χ2v) is 3.13. The van der Waals surface area contributed by atoms with Crippen molar-refractivity contribution in [2.24, 2.45) is 11.8 Å². The van der Waals surface area contributed by atoms with Crippen LogP contribution in [0.1, 0.15) is 13.8 Å². The van der Waals surface area contributed by atoms with E-state index in [9.17, 15) is 0 Å². The second kappa shape index (κ2) is 2.45. The molecule has 0 radical (unpaired) electrons. The Bertz CT molecular complexity index is 174. The number of rotatable bonds is 2. The van der Waals surface area contributed by atoms with Crippen LogP contribution >= 0.6 is 0 Å². The Morgan fingerprint density at radius 2 is 1.30 bits per heavy atom. The first-order valence-corrected chi connectivity index (χ1v) is 3.62. The van der Waals surface area contributed by atoms with Crippen LogP contribution < -0.4 is 0 Å². The van der Waals surface area contributed by atoms with E-state index >= 15 is 0 Å². The van der Waals surface area contributed by atoms with Gasteiger partial charge in [0, 0.05) is 11.8 Å². The van der Waals surface area contributed by atoms with Gasteiger partial charge < -0.3 is 0 Å². The van der Waals surface area contributed by atoms with Crippen molar-refractivity contribution in [3.63, 3.8) is 0 Å². The van der Waals surface area contributed by atoms with Crippen molar-refractivity contribution >= 4 is 0 Å². The Labute approximate surface area is 62.9 Å². The predicted octanol–water partition coefficient (Wildman–Crippen LogP) is 2.94. The zero-order valence-corrected chi connectivity index (χ0v) is 6.72. The molecule has 0 nitrogen and oxygen atoms in total. The van der Waals surface area contributed by atoms with Crippen molar-refractivity contribution < 1.29 is 0 Å². The Kier molecular flexibility index (Phi) is 1.80. The molecule has 0 heterocycles. The van der Waals surface area contributed by atoms with Crippen molar-refractivity contribution in [1.82, 2.24) is 0 Å². The first-order valence-electron chi connectivity index (χ1n) is 3.62.